The monoisotopic (exact) mass is 299 g/mol. The van der Waals surface area contributed by atoms with Gasteiger partial charge >= 0.3 is 0 Å². The van der Waals surface area contributed by atoms with E-state index in [0.29, 0.717) is 0 Å². The SMILES string of the molecule is CC(=O)N1CCN(c2ccc(C=N/C=C\C=N/N)cc2)CC1. The number of benzene rings is 1. The molecule has 116 valence electrons. The zero-order valence-electron chi connectivity index (χ0n) is 12.7. The number of hydrogen-bond donors (Lipinski definition) is 1. The van der Waals surface area contributed by atoms with E-state index in [2.05, 4.69) is 27.1 Å². The minimum atomic E-state index is 0.152. The lowest BCUT2D eigenvalue weighted by atomic mass is 10.2. The van der Waals surface area contributed by atoms with Crippen LogP contribution in [0, 0.1) is 0 Å². The van der Waals surface area contributed by atoms with Gasteiger partial charge in [-0.15, -0.1) is 0 Å². The fraction of sp³-hybridized carbons (Fsp3) is 0.312. The van der Waals surface area contributed by atoms with Crippen LogP contribution in [0.2, 0.25) is 0 Å². The van der Waals surface area contributed by atoms with Crippen molar-refractivity contribution >= 4 is 24.0 Å². The molecule has 22 heavy (non-hydrogen) atoms. The maximum atomic E-state index is 11.3. The van der Waals surface area contributed by atoms with Gasteiger partial charge < -0.3 is 15.6 Å². The van der Waals surface area contributed by atoms with E-state index in [-0.39, 0.29) is 5.91 Å². The standard InChI is InChI=1S/C16H21N5O/c1-14(22)20-9-11-21(12-10-20)16-5-3-15(4-6-16)13-18-7-2-8-19-17/h2-8,13H,9-12,17H2,1H3/b7-2-,18-13?,19-8-. The smallest absolute Gasteiger partial charge is 0.219 e. The number of anilines is 1. The van der Waals surface area contributed by atoms with Gasteiger partial charge in [0.2, 0.25) is 5.91 Å². The highest BCUT2D eigenvalue weighted by Gasteiger charge is 2.18. The molecule has 0 spiro atoms. The van der Waals surface area contributed by atoms with Gasteiger partial charge in [-0.05, 0) is 23.8 Å². The van der Waals surface area contributed by atoms with Gasteiger partial charge in [-0.1, -0.05) is 12.1 Å². The zero-order valence-corrected chi connectivity index (χ0v) is 12.7. The third-order valence-electron chi connectivity index (χ3n) is 3.55. The molecule has 1 saturated heterocycles. The minimum Gasteiger partial charge on any atom is -0.368 e. The van der Waals surface area contributed by atoms with Crippen molar-refractivity contribution in [2.75, 3.05) is 31.1 Å². The Morgan fingerprint density at radius 3 is 2.45 bits per heavy atom. The number of allylic oxidation sites excluding steroid dienone is 1. The molecule has 0 aromatic heterocycles. The lowest BCUT2D eigenvalue weighted by molar-refractivity contribution is -0.129. The molecule has 6 heteroatoms. The Bertz CT molecular complexity index is 569. The normalized spacial score (nSPS) is 16.2. The van der Waals surface area contributed by atoms with E-state index in [4.69, 9.17) is 5.84 Å². The molecule has 0 unspecified atom stereocenters. The van der Waals surface area contributed by atoms with Crippen molar-refractivity contribution in [1.82, 2.24) is 4.90 Å². The molecule has 6 nitrogen and oxygen atoms in total. The first-order chi connectivity index (χ1) is 10.7. The van der Waals surface area contributed by atoms with Crippen LogP contribution >= 0.6 is 0 Å². The summed E-state index contributed by atoms with van der Waals surface area (Å²) in [6.07, 6.45) is 6.55. The molecule has 1 amide bonds. The molecule has 1 heterocycles. The van der Waals surface area contributed by atoms with Crippen molar-refractivity contribution in [3.8, 4) is 0 Å². The summed E-state index contributed by atoms with van der Waals surface area (Å²) < 4.78 is 0. The van der Waals surface area contributed by atoms with Crippen LogP contribution in [0.3, 0.4) is 0 Å². The van der Waals surface area contributed by atoms with Gasteiger partial charge in [-0.2, -0.15) is 5.10 Å². The Morgan fingerprint density at radius 1 is 1.18 bits per heavy atom. The Morgan fingerprint density at radius 2 is 1.86 bits per heavy atom. The maximum absolute atomic E-state index is 11.3. The molecule has 0 radical (unpaired) electrons. The van der Waals surface area contributed by atoms with Crippen molar-refractivity contribution in [1.29, 1.82) is 0 Å². The number of piperazine rings is 1. The molecule has 0 bridgehead atoms. The summed E-state index contributed by atoms with van der Waals surface area (Å²) in [4.78, 5) is 19.6. The fourth-order valence-corrected chi connectivity index (χ4v) is 2.32. The highest BCUT2D eigenvalue weighted by molar-refractivity contribution is 5.81. The molecular formula is C16H21N5O. The molecule has 0 saturated carbocycles. The van der Waals surface area contributed by atoms with Crippen LogP contribution in [0.5, 0.6) is 0 Å². The van der Waals surface area contributed by atoms with Crippen molar-refractivity contribution in [3.05, 3.63) is 42.1 Å². The van der Waals surface area contributed by atoms with Crippen LogP contribution < -0.4 is 10.7 Å². The highest BCUT2D eigenvalue weighted by Crippen LogP contribution is 2.17. The number of carbonyl (C=O) groups excluding carboxylic acids is 1. The average molecular weight is 299 g/mol. The number of hydrazone groups is 1. The molecule has 1 fully saturated rings. The largest absolute Gasteiger partial charge is 0.368 e. The number of hydrogen-bond acceptors (Lipinski definition) is 5. The van der Waals surface area contributed by atoms with Gasteiger partial charge in [0.15, 0.2) is 0 Å². The summed E-state index contributed by atoms with van der Waals surface area (Å²) in [5, 5.41) is 3.34. The lowest BCUT2D eigenvalue weighted by Crippen LogP contribution is -2.48. The second-order valence-corrected chi connectivity index (χ2v) is 5.00. The number of amides is 1. The Labute approximate surface area is 130 Å². The number of rotatable bonds is 4. The predicted molar refractivity (Wildman–Crippen MR) is 90.3 cm³/mol. The topological polar surface area (TPSA) is 74.3 Å². The number of nitrogens with two attached hydrogens (primary N) is 1. The predicted octanol–water partition coefficient (Wildman–Crippen LogP) is 1.23. The molecule has 1 aliphatic rings. The summed E-state index contributed by atoms with van der Waals surface area (Å²) in [5.41, 5.74) is 2.20. The van der Waals surface area contributed by atoms with E-state index in [0.717, 1.165) is 31.7 Å². The molecule has 0 aliphatic carbocycles. The summed E-state index contributed by atoms with van der Waals surface area (Å²) >= 11 is 0. The Balaban J connectivity index is 1.91. The van der Waals surface area contributed by atoms with Gasteiger partial charge in [0.25, 0.3) is 0 Å². The minimum absolute atomic E-state index is 0.152. The Kier molecular flexibility index (Phi) is 5.71. The highest BCUT2D eigenvalue weighted by atomic mass is 16.2. The van der Waals surface area contributed by atoms with E-state index >= 15 is 0 Å². The lowest BCUT2D eigenvalue weighted by Gasteiger charge is -2.35. The summed E-state index contributed by atoms with van der Waals surface area (Å²) in [6.45, 7) is 4.93. The number of aliphatic imine (C=N–C) groups is 1. The zero-order chi connectivity index (χ0) is 15.8. The average Bonchev–Trinajstić information content (AvgIpc) is 2.55. The maximum Gasteiger partial charge on any atom is 0.219 e. The van der Waals surface area contributed by atoms with Crippen molar-refractivity contribution in [3.63, 3.8) is 0 Å². The fourth-order valence-electron chi connectivity index (χ4n) is 2.32. The second kappa shape index (κ2) is 7.97. The van der Waals surface area contributed by atoms with Crippen LogP contribution in [0.15, 0.2) is 46.6 Å². The van der Waals surface area contributed by atoms with E-state index < -0.39 is 0 Å². The van der Waals surface area contributed by atoms with Crippen LogP contribution in [0.25, 0.3) is 0 Å². The van der Waals surface area contributed by atoms with Gasteiger partial charge in [0.05, 0.1) is 0 Å². The molecule has 2 rings (SSSR count). The quantitative estimate of drug-likeness (QED) is 0.516. The van der Waals surface area contributed by atoms with Crippen LogP contribution in [-0.4, -0.2) is 49.4 Å². The van der Waals surface area contributed by atoms with E-state index in [1.165, 1.54) is 11.9 Å². The van der Waals surface area contributed by atoms with Gasteiger partial charge in [0, 0.05) is 57.4 Å². The third kappa shape index (κ3) is 4.44. The van der Waals surface area contributed by atoms with Crippen molar-refractivity contribution in [2.24, 2.45) is 15.9 Å². The van der Waals surface area contributed by atoms with Crippen LogP contribution in [0.1, 0.15) is 12.5 Å². The van der Waals surface area contributed by atoms with Crippen LogP contribution in [-0.2, 0) is 4.79 Å². The number of nitrogens with zero attached hydrogens (tertiary/aromatic N) is 4. The van der Waals surface area contributed by atoms with Crippen molar-refractivity contribution < 1.29 is 4.79 Å². The summed E-state index contributed by atoms with van der Waals surface area (Å²) in [6, 6.07) is 8.22. The van der Waals surface area contributed by atoms with Gasteiger partial charge in [-0.3, -0.25) is 9.79 Å². The third-order valence-corrected chi connectivity index (χ3v) is 3.55. The number of carbonyl (C=O) groups is 1. The molecule has 1 aliphatic heterocycles. The first kappa shape index (κ1) is 15.8. The molecule has 2 N–H and O–H groups in total. The van der Waals surface area contributed by atoms with E-state index in [9.17, 15) is 4.79 Å². The first-order valence-corrected chi connectivity index (χ1v) is 7.23. The molecule has 0 atom stereocenters. The van der Waals surface area contributed by atoms with Crippen LogP contribution in [0.4, 0.5) is 5.69 Å². The molecule has 1 aromatic rings. The Hall–Kier alpha value is -2.63. The second-order valence-electron chi connectivity index (χ2n) is 5.00. The summed E-state index contributed by atoms with van der Waals surface area (Å²) in [5.74, 6) is 5.13. The van der Waals surface area contributed by atoms with Gasteiger partial charge in [0.1, 0.15) is 0 Å². The molecule has 1 aromatic carbocycles. The summed E-state index contributed by atoms with van der Waals surface area (Å²) in [7, 11) is 0. The first-order valence-electron chi connectivity index (χ1n) is 7.23. The van der Waals surface area contributed by atoms with Gasteiger partial charge in [-0.25, -0.2) is 0 Å². The van der Waals surface area contributed by atoms with E-state index in [1.807, 2.05) is 17.0 Å². The van der Waals surface area contributed by atoms with E-state index in [1.54, 1.807) is 25.4 Å². The van der Waals surface area contributed by atoms with Crippen molar-refractivity contribution in [2.45, 2.75) is 6.92 Å². The molecular weight excluding hydrogens is 278 g/mol.